The molecule has 0 unspecified atom stereocenters. The van der Waals surface area contributed by atoms with Crippen LogP contribution < -0.4 is 10.1 Å². The molecule has 4 nitrogen and oxygen atoms in total. The Hall–Kier alpha value is -1.58. The van der Waals surface area contributed by atoms with E-state index in [2.05, 4.69) is 10.5 Å². The molecule has 0 fully saturated rings. The number of nitrogens with one attached hydrogen (secondary N) is 1. The highest BCUT2D eigenvalue weighted by atomic mass is 16.5. The third-order valence-electron chi connectivity index (χ3n) is 1.56. The predicted octanol–water partition coefficient (Wildman–Crippen LogP) is 2.13. The van der Waals surface area contributed by atoms with Crippen LogP contribution in [0, 0.1) is 4.91 Å². The maximum Gasteiger partial charge on any atom is 0.142 e. The van der Waals surface area contributed by atoms with Gasteiger partial charge in [0.1, 0.15) is 11.4 Å². The Morgan fingerprint density at radius 3 is 2.75 bits per heavy atom. The van der Waals surface area contributed by atoms with Gasteiger partial charge in [-0.3, -0.25) is 0 Å². The predicted molar refractivity (Wildman–Crippen MR) is 48.0 cm³/mol. The molecule has 1 N–H and O–H groups in total. The maximum absolute atomic E-state index is 10.2. The van der Waals surface area contributed by atoms with Crippen molar-refractivity contribution in [1.82, 2.24) is 0 Å². The van der Waals surface area contributed by atoms with Gasteiger partial charge < -0.3 is 10.1 Å². The van der Waals surface area contributed by atoms with Gasteiger partial charge in [-0.2, -0.15) is 0 Å². The molecule has 0 spiro atoms. The summed E-state index contributed by atoms with van der Waals surface area (Å²) in [7, 11) is 3.33. The molecule has 12 heavy (non-hydrogen) atoms. The lowest BCUT2D eigenvalue weighted by molar-refractivity contribution is 0.416. The van der Waals surface area contributed by atoms with Crippen molar-refractivity contribution in [2.45, 2.75) is 0 Å². The molecule has 0 saturated heterocycles. The molecule has 0 aliphatic rings. The van der Waals surface area contributed by atoms with Crippen LogP contribution in [0.3, 0.4) is 0 Å². The highest BCUT2D eigenvalue weighted by molar-refractivity contribution is 5.62. The lowest BCUT2D eigenvalue weighted by atomic mass is 10.2. The molecule has 1 rings (SSSR count). The van der Waals surface area contributed by atoms with Crippen molar-refractivity contribution in [3.63, 3.8) is 0 Å². The van der Waals surface area contributed by atoms with E-state index >= 15 is 0 Å². The summed E-state index contributed by atoms with van der Waals surface area (Å²) in [5.74, 6) is 0.699. The fourth-order valence-electron chi connectivity index (χ4n) is 0.948. The molecule has 0 aliphatic carbocycles. The fraction of sp³-hybridized carbons (Fsp3) is 0.250. The van der Waals surface area contributed by atoms with Gasteiger partial charge in [-0.1, -0.05) is 0 Å². The quantitative estimate of drug-likeness (QED) is 0.700. The first-order valence-electron chi connectivity index (χ1n) is 3.51. The summed E-state index contributed by atoms with van der Waals surface area (Å²) in [6, 6.07) is 4.93. The van der Waals surface area contributed by atoms with Crippen molar-refractivity contribution < 1.29 is 4.74 Å². The van der Waals surface area contributed by atoms with Crippen LogP contribution in [0.2, 0.25) is 0 Å². The molecule has 0 aromatic heterocycles. The minimum absolute atomic E-state index is 0.389. The summed E-state index contributed by atoms with van der Waals surface area (Å²) in [5.41, 5.74) is 1.15. The van der Waals surface area contributed by atoms with Crippen molar-refractivity contribution in [3.8, 4) is 5.75 Å². The summed E-state index contributed by atoms with van der Waals surface area (Å²) in [4.78, 5) is 10.2. The smallest absolute Gasteiger partial charge is 0.142 e. The van der Waals surface area contributed by atoms with E-state index in [0.29, 0.717) is 11.4 Å². The van der Waals surface area contributed by atoms with Crippen molar-refractivity contribution in [2.75, 3.05) is 19.5 Å². The van der Waals surface area contributed by atoms with Crippen molar-refractivity contribution in [1.29, 1.82) is 0 Å². The number of ether oxygens (including phenoxy) is 1. The Morgan fingerprint density at radius 1 is 1.50 bits per heavy atom. The number of hydrogen-bond donors (Lipinski definition) is 1. The van der Waals surface area contributed by atoms with Crippen LogP contribution in [0.5, 0.6) is 5.75 Å². The summed E-state index contributed by atoms with van der Waals surface area (Å²) >= 11 is 0. The second-order valence-corrected chi connectivity index (χ2v) is 2.23. The monoisotopic (exact) mass is 166 g/mol. The van der Waals surface area contributed by atoms with Gasteiger partial charge in [0.2, 0.25) is 0 Å². The van der Waals surface area contributed by atoms with Crippen LogP contribution >= 0.6 is 0 Å². The van der Waals surface area contributed by atoms with Crippen LogP contribution in [-0.4, -0.2) is 14.2 Å². The second-order valence-electron chi connectivity index (χ2n) is 2.23. The van der Waals surface area contributed by atoms with Gasteiger partial charge in [0, 0.05) is 7.05 Å². The number of nitrogens with zero attached hydrogens (tertiary/aromatic N) is 1. The highest BCUT2D eigenvalue weighted by Crippen LogP contribution is 2.28. The minimum Gasteiger partial charge on any atom is -0.495 e. The Balaban J connectivity index is 3.10. The number of hydrogen-bond acceptors (Lipinski definition) is 4. The zero-order valence-electron chi connectivity index (χ0n) is 7.00. The molecule has 0 aliphatic heterocycles. The Kier molecular flexibility index (Phi) is 2.63. The first kappa shape index (κ1) is 8.52. The van der Waals surface area contributed by atoms with Gasteiger partial charge in [-0.25, -0.2) is 0 Å². The molecule has 64 valence electrons. The van der Waals surface area contributed by atoms with Gasteiger partial charge in [0.15, 0.2) is 0 Å². The van der Waals surface area contributed by atoms with Crippen molar-refractivity contribution in [2.24, 2.45) is 5.18 Å². The van der Waals surface area contributed by atoms with Crippen molar-refractivity contribution >= 4 is 11.4 Å². The van der Waals surface area contributed by atoms with Gasteiger partial charge in [-0.15, -0.1) is 4.91 Å². The average Bonchev–Trinajstić information content (AvgIpc) is 2.16. The van der Waals surface area contributed by atoms with E-state index in [4.69, 9.17) is 4.74 Å². The van der Waals surface area contributed by atoms with Gasteiger partial charge in [0.25, 0.3) is 0 Å². The first-order chi connectivity index (χ1) is 5.81. The Bertz CT molecular complexity index is 286. The second kappa shape index (κ2) is 3.71. The summed E-state index contributed by atoms with van der Waals surface area (Å²) < 4.78 is 5.03. The lowest BCUT2D eigenvalue weighted by Crippen LogP contribution is -1.92. The molecule has 4 heteroatoms. The van der Waals surface area contributed by atoms with Crippen LogP contribution in [0.4, 0.5) is 11.4 Å². The highest BCUT2D eigenvalue weighted by Gasteiger charge is 2.01. The Morgan fingerprint density at radius 2 is 2.25 bits per heavy atom. The number of benzene rings is 1. The molecule has 0 bridgehead atoms. The zero-order chi connectivity index (χ0) is 8.97. The summed E-state index contributed by atoms with van der Waals surface area (Å²) in [6.45, 7) is 0. The number of methoxy groups -OCH3 is 1. The van der Waals surface area contributed by atoms with E-state index in [1.165, 1.54) is 0 Å². The molecule has 0 radical (unpaired) electrons. The molecular formula is C8H10N2O2. The van der Waals surface area contributed by atoms with Crippen LogP contribution in [0.15, 0.2) is 23.4 Å². The summed E-state index contributed by atoms with van der Waals surface area (Å²) in [5, 5.41) is 5.71. The number of anilines is 1. The molecule has 0 heterocycles. The van der Waals surface area contributed by atoms with Gasteiger partial charge >= 0.3 is 0 Å². The van der Waals surface area contributed by atoms with Gasteiger partial charge in [0.05, 0.1) is 12.8 Å². The summed E-state index contributed by atoms with van der Waals surface area (Å²) in [6.07, 6.45) is 0. The van der Waals surface area contributed by atoms with E-state index < -0.39 is 0 Å². The van der Waals surface area contributed by atoms with E-state index in [1.807, 2.05) is 0 Å². The molecular weight excluding hydrogens is 156 g/mol. The molecule has 1 aromatic rings. The van der Waals surface area contributed by atoms with Crippen molar-refractivity contribution in [3.05, 3.63) is 23.1 Å². The van der Waals surface area contributed by atoms with Crippen LogP contribution in [-0.2, 0) is 0 Å². The largest absolute Gasteiger partial charge is 0.495 e. The molecule has 0 amide bonds. The SMILES string of the molecule is CNc1cc(N=O)ccc1OC. The average molecular weight is 166 g/mol. The van der Waals surface area contributed by atoms with Gasteiger partial charge in [-0.05, 0) is 23.4 Å². The lowest BCUT2D eigenvalue weighted by Gasteiger charge is -2.06. The number of nitroso groups, excluding NO2 is 1. The minimum atomic E-state index is 0.389. The third kappa shape index (κ3) is 1.53. The van der Waals surface area contributed by atoms with E-state index in [-0.39, 0.29) is 0 Å². The third-order valence-corrected chi connectivity index (χ3v) is 1.56. The zero-order valence-corrected chi connectivity index (χ0v) is 7.00. The topological polar surface area (TPSA) is 50.7 Å². The maximum atomic E-state index is 10.2. The first-order valence-corrected chi connectivity index (χ1v) is 3.51. The molecule has 1 aromatic carbocycles. The normalized spacial score (nSPS) is 9.17. The number of rotatable bonds is 3. The van der Waals surface area contributed by atoms with E-state index in [0.717, 1.165) is 5.69 Å². The molecule has 0 saturated carbocycles. The van der Waals surface area contributed by atoms with E-state index in [9.17, 15) is 4.91 Å². The fourth-order valence-corrected chi connectivity index (χ4v) is 0.948. The molecule has 0 atom stereocenters. The van der Waals surface area contributed by atoms with E-state index in [1.54, 1.807) is 32.4 Å². The Labute approximate surface area is 70.5 Å². The standard InChI is InChI=1S/C8H10N2O2/c1-9-7-5-6(10-11)3-4-8(7)12-2/h3-5,9H,1-2H3. The van der Waals surface area contributed by atoms with Crippen LogP contribution in [0.1, 0.15) is 0 Å². The van der Waals surface area contributed by atoms with Crippen LogP contribution in [0.25, 0.3) is 0 Å².